The van der Waals surface area contributed by atoms with Crippen LogP contribution in [-0.2, 0) is 29.5 Å². The van der Waals surface area contributed by atoms with E-state index in [4.69, 9.17) is 19.8 Å². The summed E-state index contributed by atoms with van der Waals surface area (Å²) < 4.78 is 54.0. The SMILES string of the molecule is CCC.NS(=O)(=O)CC1CC2(CCC2)CO1.NS(=O)(=O)CC1CC2(CNC2)CO1. The third-order valence-electron chi connectivity index (χ3n) is 5.82. The first-order valence-electron chi connectivity index (χ1n) is 10.3. The molecule has 11 heteroatoms. The van der Waals surface area contributed by atoms with Crippen molar-refractivity contribution < 1.29 is 26.3 Å². The number of hydrogen-bond acceptors (Lipinski definition) is 7. The molecule has 172 valence electrons. The van der Waals surface area contributed by atoms with Gasteiger partial charge in [-0.1, -0.05) is 26.7 Å². The molecule has 3 saturated heterocycles. The zero-order chi connectivity index (χ0) is 21.8. The van der Waals surface area contributed by atoms with Gasteiger partial charge < -0.3 is 14.8 Å². The van der Waals surface area contributed by atoms with E-state index in [2.05, 4.69) is 19.2 Å². The van der Waals surface area contributed by atoms with Crippen molar-refractivity contribution in [3.63, 3.8) is 0 Å². The summed E-state index contributed by atoms with van der Waals surface area (Å²) in [6, 6.07) is 0. The summed E-state index contributed by atoms with van der Waals surface area (Å²) >= 11 is 0. The molecule has 0 aromatic rings. The average molecular weight is 456 g/mol. The minimum Gasteiger partial charge on any atom is -0.377 e. The maximum Gasteiger partial charge on any atom is 0.211 e. The normalized spacial score (nSPS) is 29.2. The van der Waals surface area contributed by atoms with E-state index in [0.717, 1.165) is 32.5 Å². The molecule has 2 unspecified atom stereocenters. The molecule has 0 bridgehead atoms. The van der Waals surface area contributed by atoms with Crippen LogP contribution in [0.25, 0.3) is 0 Å². The lowest BCUT2D eigenvalue weighted by Crippen LogP contribution is -2.54. The van der Waals surface area contributed by atoms with E-state index in [1.165, 1.54) is 25.7 Å². The molecule has 4 fully saturated rings. The summed E-state index contributed by atoms with van der Waals surface area (Å²) in [5, 5.41) is 13.1. The van der Waals surface area contributed by atoms with Gasteiger partial charge in [0.25, 0.3) is 0 Å². The molecule has 1 saturated carbocycles. The van der Waals surface area contributed by atoms with Crippen molar-refractivity contribution in [2.24, 2.45) is 21.1 Å². The molecule has 0 aromatic heterocycles. The van der Waals surface area contributed by atoms with E-state index in [1.807, 2.05) is 0 Å². The zero-order valence-electron chi connectivity index (χ0n) is 17.6. The van der Waals surface area contributed by atoms with Crippen molar-refractivity contribution >= 4 is 20.0 Å². The van der Waals surface area contributed by atoms with Crippen LogP contribution in [0, 0.1) is 10.8 Å². The van der Waals surface area contributed by atoms with E-state index in [0.29, 0.717) is 12.0 Å². The fourth-order valence-corrected chi connectivity index (χ4v) is 5.74. The lowest BCUT2D eigenvalue weighted by atomic mass is 9.68. The minimum absolute atomic E-state index is 0.0191. The van der Waals surface area contributed by atoms with Gasteiger partial charge in [0, 0.05) is 18.5 Å². The molecule has 4 aliphatic rings. The Labute approximate surface area is 175 Å². The fourth-order valence-electron chi connectivity index (χ4n) is 4.27. The van der Waals surface area contributed by atoms with E-state index < -0.39 is 20.0 Å². The highest BCUT2D eigenvalue weighted by atomic mass is 32.2. The van der Waals surface area contributed by atoms with Gasteiger partial charge >= 0.3 is 0 Å². The van der Waals surface area contributed by atoms with E-state index >= 15 is 0 Å². The monoisotopic (exact) mass is 455 g/mol. The topological polar surface area (TPSA) is 151 Å². The third kappa shape index (κ3) is 8.04. The van der Waals surface area contributed by atoms with Crippen LogP contribution in [0.2, 0.25) is 0 Å². The predicted molar refractivity (Wildman–Crippen MR) is 112 cm³/mol. The van der Waals surface area contributed by atoms with Gasteiger partial charge in [0.15, 0.2) is 0 Å². The van der Waals surface area contributed by atoms with Gasteiger partial charge in [-0.15, -0.1) is 0 Å². The molecule has 0 aromatic carbocycles. The first kappa shape index (κ1) is 25.0. The van der Waals surface area contributed by atoms with Crippen LogP contribution in [0.4, 0.5) is 0 Å². The number of rotatable bonds is 4. The summed E-state index contributed by atoms with van der Waals surface area (Å²) in [4.78, 5) is 0. The molecule has 4 rings (SSSR count). The van der Waals surface area contributed by atoms with Gasteiger partial charge in [0.05, 0.1) is 36.9 Å². The minimum atomic E-state index is -3.39. The Morgan fingerprint density at radius 2 is 1.28 bits per heavy atom. The van der Waals surface area contributed by atoms with Crippen molar-refractivity contribution in [3.8, 4) is 0 Å². The van der Waals surface area contributed by atoms with Gasteiger partial charge in [0.1, 0.15) is 0 Å². The second kappa shape index (κ2) is 9.88. The summed E-state index contributed by atoms with van der Waals surface area (Å²) in [6.45, 7) is 7.52. The number of hydrogen-bond donors (Lipinski definition) is 3. The molecule has 3 aliphatic heterocycles. The summed E-state index contributed by atoms with van der Waals surface area (Å²) in [5.74, 6) is -0.0660. The Hall–Kier alpha value is -0.300. The molecule has 29 heavy (non-hydrogen) atoms. The van der Waals surface area contributed by atoms with Gasteiger partial charge in [-0.05, 0) is 31.1 Å². The molecular formula is C18H37N3O6S2. The lowest BCUT2D eigenvalue weighted by molar-refractivity contribution is 0.0750. The molecule has 5 N–H and O–H groups in total. The predicted octanol–water partition coefficient (Wildman–Crippen LogP) is 0.304. The Kier molecular flexibility index (Phi) is 8.51. The van der Waals surface area contributed by atoms with E-state index in [-0.39, 0.29) is 29.1 Å². The van der Waals surface area contributed by atoms with Crippen LogP contribution < -0.4 is 15.6 Å². The van der Waals surface area contributed by atoms with Gasteiger partial charge in [-0.2, -0.15) is 0 Å². The van der Waals surface area contributed by atoms with Crippen LogP contribution in [0.15, 0.2) is 0 Å². The highest BCUT2D eigenvalue weighted by Gasteiger charge is 2.46. The van der Waals surface area contributed by atoms with Crippen LogP contribution in [0.3, 0.4) is 0 Å². The standard InChI is InChI=1S/C8H15NO3S.C7H14N2O3S.C3H8/c9-13(10,11)5-7-4-8(6-12-7)2-1-3-8;8-13(10,11)2-6-1-7(5-12-6)3-9-4-7;1-3-2/h7H,1-6H2,(H2,9,10,11);6,9H,1-5H2,(H2,8,10,11);3H2,1-2H3. The number of nitrogens with one attached hydrogen (secondary N) is 1. The fraction of sp³-hybridized carbons (Fsp3) is 1.00. The largest absolute Gasteiger partial charge is 0.377 e. The highest BCUT2D eigenvalue weighted by molar-refractivity contribution is 7.89. The number of nitrogens with two attached hydrogens (primary N) is 2. The van der Waals surface area contributed by atoms with Gasteiger partial charge in [-0.3, -0.25) is 0 Å². The maximum atomic E-state index is 10.8. The smallest absolute Gasteiger partial charge is 0.211 e. The first-order chi connectivity index (χ1) is 13.4. The van der Waals surface area contributed by atoms with E-state index in [1.54, 1.807) is 0 Å². The molecule has 9 nitrogen and oxygen atoms in total. The van der Waals surface area contributed by atoms with Gasteiger partial charge in [-0.25, -0.2) is 27.1 Å². The van der Waals surface area contributed by atoms with Crippen LogP contribution >= 0.6 is 0 Å². The Morgan fingerprint density at radius 1 is 0.862 bits per heavy atom. The number of sulfonamides is 2. The second-order valence-corrected chi connectivity index (χ2v) is 12.4. The second-order valence-electron chi connectivity index (χ2n) is 9.10. The maximum absolute atomic E-state index is 10.8. The Bertz CT molecular complexity index is 671. The van der Waals surface area contributed by atoms with Gasteiger partial charge in [0.2, 0.25) is 20.0 Å². The molecule has 0 radical (unpaired) electrons. The first-order valence-corrected chi connectivity index (χ1v) is 13.8. The zero-order valence-corrected chi connectivity index (χ0v) is 19.2. The van der Waals surface area contributed by atoms with Crippen LogP contribution in [0.5, 0.6) is 0 Å². The lowest BCUT2D eigenvalue weighted by Gasteiger charge is -2.37. The Balaban J connectivity index is 0.000000183. The number of ether oxygens (including phenoxy) is 2. The highest BCUT2D eigenvalue weighted by Crippen LogP contribution is 2.49. The molecular weight excluding hydrogens is 418 g/mol. The average Bonchev–Trinajstić information content (AvgIpc) is 3.09. The summed E-state index contributed by atoms with van der Waals surface area (Å²) in [7, 11) is -6.75. The van der Waals surface area contributed by atoms with Crippen molar-refractivity contribution in [3.05, 3.63) is 0 Å². The Morgan fingerprint density at radius 3 is 1.52 bits per heavy atom. The molecule has 0 amide bonds. The molecule has 2 atom stereocenters. The van der Waals surface area contributed by atoms with Crippen molar-refractivity contribution in [1.29, 1.82) is 0 Å². The third-order valence-corrected chi connectivity index (χ3v) is 7.50. The van der Waals surface area contributed by atoms with Crippen LogP contribution in [0.1, 0.15) is 52.4 Å². The summed E-state index contributed by atoms with van der Waals surface area (Å²) in [6.07, 6.45) is 6.22. The number of primary sulfonamides is 2. The molecule has 2 spiro atoms. The van der Waals surface area contributed by atoms with E-state index in [9.17, 15) is 16.8 Å². The van der Waals surface area contributed by atoms with Crippen LogP contribution in [-0.4, -0.2) is 66.9 Å². The molecule has 1 aliphatic carbocycles. The summed E-state index contributed by atoms with van der Waals surface area (Å²) in [5.41, 5.74) is 0.519. The van der Waals surface area contributed by atoms with Crippen molar-refractivity contribution in [1.82, 2.24) is 5.32 Å². The molecule has 3 heterocycles. The quantitative estimate of drug-likeness (QED) is 0.551. The van der Waals surface area contributed by atoms with Crippen molar-refractivity contribution in [2.75, 3.05) is 37.8 Å². The van der Waals surface area contributed by atoms with Crippen molar-refractivity contribution in [2.45, 2.75) is 64.6 Å².